The fraction of sp³-hybridized carbons (Fsp3) is 0.286. The van der Waals surface area contributed by atoms with Crippen molar-refractivity contribution in [1.82, 2.24) is 9.88 Å². The number of aryl methyl sites for hydroxylation is 1. The van der Waals surface area contributed by atoms with Gasteiger partial charge >= 0.3 is 6.03 Å². The molecule has 2 aromatic rings. The number of allylic oxidation sites excluding steroid dienone is 2. The summed E-state index contributed by atoms with van der Waals surface area (Å²) in [5.41, 5.74) is 2.43. The number of carbonyl (C=O) groups is 1. The molecule has 0 unspecified atom stereocenters. The Bertz CT molecular complexity index is 942. The van der Waals surface area contributed by atoms with E-state index in [-0.39, 0.29) is 18.4 Å². The number of rotatable bonds is 6. The zero-order valence-electron chi connectivity index (χ0n) is 16.2. The molecule has 0 atom stereocenters. The Morgan fingerprint density at radius 3 is 2.79 bits per heavy atom. The summed E-state index contributed by atoms with van der Waals surface area (Å²) in [7, 11) is 1.51. The Morgan fingerprint density at radius 1 is 1.32 bits per heavy atom. The average Bonchev–Trinajstić information content (AvgIpc) is 3.07. The fourth-order valence-corrected chi connectivity index (χ4v) is 3.25. The minimum atomic E-state index is -0.275. The number of nitrogens with one attached hydrogen (secondary N) is 1. The molecule has 1 saturated heterocycles. The molecule has 1 aliphatic heterocycles. The van der Waals surface area contributed by atoms with Gasteiger partial charge in [-0.2, -0.15) is 4.98 Å². The normalized spacial score (nSPS) is 14.6. The highest BCUT2D eigenvalue weighted by atomic mass is 19.1. The van der Waals surface area contributed by atoms with E-state index in [1.54, 1.807) is 53.1 Å². The topological polar surface area (TPSA) is 69.5 Å². The summed E-state index contributed by atoms with van der Waals surface area (Å²) in [5.74, 6) is 0.548. The number of ether oxygens (including phenoxy) is 1. The van der Waals surface area contributed by atoms with Crippen LogP contribution >= 0.6 is 0 Å². The predicted octanol–water partition coefficient (Wildman–Crippen LogP) is 4.03. The van der Waals surface area contributed by atoms with Gasteiger partial charge in [-0.1, -0.05) is 24.3 Å². The number of pyridine rings is 1. The first-order valence-corrected chi connectivity index (χ1v) is 9.02. The van der Waals surface area contributed by atoms with E-state index >= 15 is 0 Å². The average molecular weight is 382 g/mol. The number of methoxy groups -OCH3 is 1. The molecule has 0 saturated carbocycles. The third kappa shape index (κ3) is 3.60. The van der Waals surface area contributed by atoms with Crippen molar-refractivity contribution in [3.05, 3.63) is 58.9 Å². The quantitative estimate of drug-likeness (QED) is 0.767. The van der Waals surface area contributed by atoms with Crippen molar-refractivity contribution in [3.8, 4) is 5.88 Å². The van der Waals surface area contributed by atoms with Gasteiger partial charge < -0.3 is 15.0 Å². The summed E-state index contributed by atoms with van der Waals surface area (Å²) in [6, 6.07) is 8.50. The first-order valence-electron chi connectivity index (χ1n) is 9.02. The summed E-state index contributed by atoms with van der Waals surface area (Å²) >= 11 is 0. The van der Waals surface area contributed by atoms with Gasteiger partial charge in [0.15, 0.2) is 0 Å². The van der Waals surface area contributed by atoms with Crippen LogP contribution in [0, 0.1) is 18.2 Å². The molecule has 2 heterocycles. The Labute approximate surface area is 163 Å². The fourth-order valence-electron chi connectivity index (χ4n) is 3.25. The van der Waals surface area contributed by atoms with E-state index < -0.39 is 0 Å². The number of carbonyl (C=O) groups excluding carboxylic acids is 1. The minimum absolute atomic E-state index is 0.217. The molecule has 7 heteroatoms. The van der Waals surface area contributed by atoms with Gasteiger partial charge in [-0.25, -0.2) is 9.18 Å². The van der Waals surface area contributed by atoms with Crippen LogP contribution in [0.4, 0.5) is 15.0 Å². The number of hydrogen-bond acceptors (Lipinski definition) is 4. The van der Waals surface area contributed by atoms with Crippen LogP contribution < -0.4 is 9.64 Å². The van der Waals surface area contributed by atoms with E-state index in [1.165, 1.54) is 13.3 Å². The number of aromatic nitrogens is 1. The van der Waals surface area contributed by atoms with Crippen molar-refractivity contribution in [3.63, 3.8) is 0 Å². The molecule has 2 amide bonds. The Kier molecular flexibility index (Phi) is 5.73. The molecule has 1 N–H and O–H groups in total. The van der Waals surface area contributed by atoms with Crippen LogP contribution in [0.1, 0.15) is 23.6 Å². The Hall–Kier alpha value is -3.22. The highest BCUT2D eigenvalue weighted by Crippen LogP contribution is 2.28. The molecule has 0 radical (unpaired) electrons. The van der Waals surface area contributed by atoms with E-state index in [0.29, 0.717) is 47.1 Å². The molecule has 0 spiro atoms. The highest BCUT2D eigenvalue weighted by molar-refractivity contribution is 6.09. The van der Waals surface area contributed by atoms with Crippen LogP contribution in [0.5, 0.6) is 5.88 Å². The van der Waals surface area contributed by atoms with Gasteiger partial charge in [0.2, 0.25) is 5.88 Å². The smallest absolute Gasteiger partial charge is 0.326 e. The van der Waals surface area contributed by atoms with Crippen LogP contribution in [0.15, 0.2) is 36.4 Å². The molecular formula is C21H23FN4O2. The van der Waals surface area contributed by atoms with E-state index in [2.05, 4.69) is 4.98 Å². The monoisotopic (exact) mass is 382 g/mol. The summed E-state index contributed by atoms with van der Waals surface area (Å²) < 4.78 is 19.6. The third-order valence-electron chi connectivity index (χ3n) is 4.82. The summed E-state index contributed by atoms with van der Waals surface area (Å²) in [4.78, 5) is 20.5. The van der Waals surface area contributed by atoms with E-state index in [4.69, 9.17) is 10.1 Å². The van der Waals surface area contributed by atoms with Crippen LogP contribution in [0.25, 0.3) is 5.57 Å². The molecule has 0 aliphatic carbocycles. The number of halogens is 1. The first kappa shape index (κ1) is 19.5. The number of urea groups is 1. The van der Waals surface area contributed by atoms with Gasteiger partial charge in [-0.05, 0) is 31.5 Å². The number of anilines is 1. The lowest BCUT2D eigenvalue weighted by atomic mass is 10.1. The highest BCUT2D eigenvalue weighted by Gasteiger charge is 2.31. The number of amides is 2. The predicted molar refractivity (Wildman–Crippen MR) is 108 cm³/mol. The molecule has 28 heavy (non-hydrogen) atoms. The second kappa shape index (κ2) is 8.21. The molecule has 1 fully saturated rings. The van der Waals surface area contributed by atoms with Gasteiger partial charge in [0, 0.05) is 36.0 Å². The van der Waals surface area contributed by atoms with E-state index in [0.717, 1.165) is 0 Å². The molecule has 1 aromatic heterocycles. The van der Waals surface area contributed by atoms with Crippen LogP contribution in [0.2, 0.25) is 0 Å². The molecule has 1 aromatic carbocycles. The second-order valence-electron chi connectivity index (χ2n) is 6.52. The zero-order chi connectivity index (χ0) is 20.3. The Morgan fingerprint density at radius 2 is 2.11 bits per heavy atom. The lowest BCUT2D eigenvalue weighted by Crippen LogP contribution is -2.32. The molecule has 146 valence electrons. The summed E-state index contributed by atoms with van der Waals surface area (Å²) in [5, 5.41) is 7.51. The summed E-state index contributed by atoms with van der Waals surface area (Å²) in [6.07, 6.45) is 3.03. The maximum atomic E-state index is 14.3. The van der Waals surface area contributed by atoms with Crippen molar-refractivity contribution >= 4 is 23.6 Å². The van der Waals surface area contributed by atoms with Crippen molar-refractivity contribution in [2.45, 2.75) is 20.4 Å². The van der Waals surface area contributed by atoms with E-state index in [1.807, 2.05) is 6.92 Å². The molecule has 6 nitrogen and oxygen atoms in total. The van der Waals surface area contributed by atoms with Crippen LogP contribution in [-0.4, -0.2) is 42.3 Å². The lowest BCUT2D eigenvalue weighted by Gasteiger charge is -2.19. The molecule has 3 rings (SSSR count). The van der Waals surface area contributed by atoms with E-state index in [9.17, 15) is 9.18 Å². The van der Waals surface area contributed by atoms with Gasteiger partial charge in [0.1, 0.15) is 11.6 Å². The zero-order valence-corrected chi connectivity index (χ0v) is 16.2. The van der Waals surface area contributed by atoms with Crippen molar-refractivity contribution in [2.24, 2.45) is 0 Å². The first-order chi connectivity index (χ1) is 13.5. The molecule has 1 aliphatic rings. The standard InChI is InChI=1S/C21H23FN4O2/c1-4-15(12-23)17-8-9-18(24-20(17)28-3)26-11-10-25(21(26)27)13-16-7-5-6-14(2)19(16)22/h4-9,12,23H,10-11,13H2,1-3H3/b15-4+,23-12?. The molecular weight excluding hydrogens is 359 g/mol. The number of hydrogen-bond donors (Lipinski definition) is 1. The van der Waals surface area contributed by atoms with Gasteiger partial charge in [-0.15, -0.1) is 0 Å². The number of benzene rings is 1. The maximum absolute atomic E-state index is 14.3. The largest absolute Gasteiger partial charge is 0.480 e. The van der Waals surface area contributed by atoms with Gasteiger partial charge in [-0.3, -0.25) is 4.90 Å². The van der Waals surface area contributed by atoms with Crippen molar-refractivity contribution in [1.29, 1.82) is 5.41 Å². The lowest BCUT2D eigenvalue weighted by molar-refractivity contribution is 0.218. The van der Waals surface area contributed by atoms with Crippen molar-refractivity contribution in [2.75, 3.05) is 25.1 Å². The minimum Gasteiger partial charge on any atom is -0.480 e. The summed E-state index contributed by atoms with van der Waals surface area (Å²) in [6.45, 7) is 4.71. The maximum Gasteiger partial charge on any atom is 0.326 e. The van der Waals surface area contributed by atoms with Crippen LogP contribution in [0.3, 0.4) is 0 Å². The third-order valence-corrected chi connectivity index (χ3v) is 4.82. The van der Waals surface area contributed by atoms with Gasteiger partial charge in [0.25, 0.3) is 0 Å². The Balaban J connectivity index is 1.83. The SMILES string of the molecule is C/C=C(\C=N)c1ccc(N2CCN(Cc3cccc(C)c3F)C2=O)nc1OC. The van der Waals surface area contributed by atoms with Crippen molar-refractivity contribution < 1.29 is 13.9 Å². The number of nitrogens with zero attached hydrogens (tertiary/aromatic N) is 3. The van der Waals surface area contributed by atoms with Gasteiger partial charge in [0.05, 0.1) is 13.7 Å². The van der Waals surface area contributed by atoms with Crippen LogP contribution in [-0.2, 0) is 6.54 Å². The second-order valence-corrected chi connectivity index (χ2v) is 6.52. The molecule has 0 bridgehead atoms.